The van der Waals surface area contributed by atoms with Gasteiger partial charge in [0.1, 0.15) is 22.2 Å². The maximum absolute atomic E-state index is 12.6. The number of imide groups is 1. The van der Waals surface area contributed by atoms with Gasteiger partial charge >= 0.3 is 0 Å². The molecular weight excluding hydrogens is 344 g/mol. The summed E-state index contributed by atoms with van der Waals surface area (Å²) >= 11 is 6.06. The van der Waals surface area contributed by atoms with Crippen LogP contribution in [0.1, 0.15) is 6.92 Å². The fraction of sp³-hybridized carbons (Fsp3) is 0.111. The molecule has 0 radical (unpaired) electrons. The van der Waals surface area contributed by atoms with Gasteiger partial charge in [-0.05, 0) is 55.5 Å². The van der Waals surface area contributed by atoms with E-state index in [2.05, 4.69) is 5.32 Å². The molecule has 25 heavy (non-hydrogen) atoms. The Balaban J connectivity index is 1.84. The molecule has 2 aromatic rings. The summed E-state index contributed by atoms with van der Waals surface area (Å²) in [5.41, 5.74) is 0.922. The fourth-order valence-electron chi connectivity index (χ4n) is 2.39. The van der Waals surface area contributed by atoms with Crippen LogP contribution in [0, 0.1) is 0 Å². The van der Waals surface area contributed by atoms with Crippen molar-refractivity contribution >= 4 is 34.8 Å². The molecule has 0 aromatic heterocycles. The van der Waals surface area contributed by atoms with E-state index in [4.69, 9.17) is 16.3 Å². The van der Waals surface area contributed by atoms with Gasteiger partial charge in [0.15, 0.2) is 0 Å². The van der Waals surface area contributed by atoms with E-state index in [0.717, 1.165) is 4.90 Å². The highest BCUT2D eigenvalue weighted by Crippen LogP contribution is 2.31. The predicted molar refractivity (Wildman–Crippen MR) is 94.7 cm³/mol. The van der Waals surface area contributed by atoms with Crippen molar-refractivity contribution in [2.45, 2.75) is 6.92 Å². The Morgan fingerprint density at radius 3 is 2.28 bits per heavy atom. The van der Waals surface area contributed by atoms with E-state index in [-0.39, 0.29) is 16.5 Å². The topological polar surface area (TPSA) is 78.9 Å². The number of carbonyl (C=O) groups excluding carboxylic acids is 2. The molecule has 0 aliphatic carbocycles. The van der Waals surface area contributed by atoms with Gasteiger partial charge in [-0.3, -0.25) is 9.59 Å². The Morgan fingerprint density at radius 2 is 1.68 bits per heavy atom. The monoisotopic (exact) mass is 358 g/mol. The highest BCUT2D eigenvalue weighted by molar-refractivity contribution is 6.53. The SMILES string of the molecule is CCOc1ccc(N2C(=O)C(Cl)=C(Nc3ccc(O)cc3)C2=O)cc1. The second-order valence-corrected chi connectivity index (χ2v) is 5.61. The van der Waals surface area contributed by atoms with Gasteiger partial charge in [0.05, 0.1) is 12.3 Å². The molecule has 2 aromatic carbocycles. The number of hydrogen-bond donors (Lipinski definition) is 2. The van der Waals surface area contributed by atoms with E-state index in [1.54, 1.807) is 36.4 Å². The van der Waals surface area contributed by atoms with Crippen molar-refractivity contribution in [1.29, 1.82) is 0 Å². The van der Waals surface area contributed by atoms with E-state index in [9.17, 15) is 14.7 Å². The molecule has 2 N–H and O–H groups in total. The summed E-state index contributed by atoms with van der Waals surface area (Å²) in [6.07, 6.45) is 0. The van der Waals surface area contributed by atoms with Crippen LogP contribution in [0.2, 0.25) is 0 Å². The number of nitrogens with zero attached hydrogens (tertiary/aromatic N) is 1. The number of ether oxygens (including phenoxy) is 1. The number of benzene rings is 2. The van der Waals surface area contributed by atoms with Crippen molar-refractivity contribution < 1.29 is 19.4 Å². The van der Waals surface area contributed by atoms with Crippen LogP contribution in [-0.2, 0) is 9.59 Å². The average molecular weight is 359 g/mol. The van der Waals surface area contributed by atoms with Crippen LogP contribution >= 0.6 is 11.6 Å². The Bertz CT molecular complexity index is 844. The third kappa shape index (κ3) is 3.29. The van der Waals surface area contributed by atoms with Gasteiger partial charge in [0, 0.05) is 5.69 Å². The third-order valence-corrected chi connectivity index (χ3v) is 3.92. The Morgan fingerprint density at radius 1 is 1.04 bits per heavy atom. The van der Waals surface area contributed by atoms with Gasteiger partial charge < -0.3 is 15.2 Å². The van der Waals surface area contributed by atoms with Crippen LogP contribution < -0.4 is 15.0 Å². The zero-order valence-electron chi connectivity index (χ0n) is 13.3. The van der Waals surface area contributed by atoms with Gasteiger partial charge in [0.25, 0.3) is 11.8 Å². The largest absolute Gasteiger partial charge is 0.508 e. The highest BCUT2D eigenvalue weighted by Gasteiger charge is 2.38. The van der Waals surface area contributed by atoms with Gasteiger partial charge in [-0.1, -0.05) is 11.6 Å². The summed E-state index contributed by atoms with van der Waals surface area (Å²) in [5.74, 6) is -0.411. The van der Waals surface area contributed by atoms with Crippen molar-refractivity contribution in [3.8, 4) is 11.5 Å². The van der Waals surface area contributed by atoms with E-state index < -0.39 is 11.8 Å². The zero-order valence-corrected chi connectivity index (χ0v) is 14.1. The number of rotatable bonds is 5. The van der Waals surface area contributed by atoms with Crippen molar-refractivity contribution in [3.05, 3.63) is 59.3 Å². The van der Waals surface area contributed by atoms with Crippen molar-refractivity contribution in [3.63, 3.8) is 0 Å². The molecule has 0 atom stereocenters. The second kappa shape index (κ2) is 6.86. The lowest BCUT2D eigenvalue weighted by Gasteiger charge is -2.15. The summed E-state index contributed by atoms with van der Waals surface area (Å²) in [5, 5.41) is 12.0. The van der Waals surface area contributed by atoms with E-state index in [0.29, 0.717) is 23.7 Å². The number of phenols is 1. The molecule has 0 spiro atoms. The first kappa shape index (κ1) is 16.9. The van der Waals surface area contributed by atoms with Gasteiger partial charge in [-0.25, -0.2) is 4.90 Å². The lowest BCUT2D eigenvalue weighted by molar-refractivity contribution is -0.120. The minimum Gasteiger partial charge on any atom is -0.508 e. The summed E-state index contributed by atoms with van der Waals surface area (Å²) in [7, 11) is 0. The van der Waals surface area contributed by atoms with Gasteiger partial charge in [0.2, 0.25) is 0 Å². The molecule has 1 aliphatic rings. The number of aromatic hydroxyl groups is 1. The standard InChI is InChI=1S/C18H15ClN2O4/c1-2-25-14-9-5-12(6-10-14)21-17(23)15(19)16(18(21)24)20-11-3-7-13(22)8-4-11/h3-10,20,22H,2H2,1H3. The summed E-state index contributed by atoms with van der Waals surface area (Å²) in [6.45, 7) is 2.39. The summed E-state index contributed by atoms with van der Waals surface area (Å²) in [4.78, 5) is 26.0. The van der Waals surface area contributed by atoms with Crippen molar-refractivity contribution in [2.75, 3.05) is 16.8 Å². The van der Waals surface area contributed by atoms with Crippen LogP contribution in [-0.4, -0.2) is 23.5 Å². The molecule has 1 heterocycles. The first-order chi connectivity index (χ1) is 12.0. The Labute approximate surface area is 149 Å². The minimum absolute atomic E-state index is 0.00811. The lowest BCUT2D eigenvalue weighted by Crippen LogP contribution is -2.32. The summed E-state index contributed by atoms with van der Waals surface area (Å²) < 4.78 is 5.35. The molecule has 0 bridgehead atoms. The van der Waals surface area contributed by atoms with Crippen molar-refractivity contribution in [2.24, 2.45) is 0 Å². The molecule has 2 amide bonds. The molecule has 1 aliphatic heterocycles. The number of phenolic OH excluding ortho intramolecular Hbond substituents is 1. The molecular formula is C18H15ClN2O4. The Hall–Kier alpha value is -2.99. The van der Waals surface area contributed by atoms with Gasteiger partial charge in [-0.2, -0.15) is 0 Å². The molecule has 0 saturated carbocycles. The predicted octanol–water partition coefficient (Wildman–Crippen LogP) is 3.23. The van der Waals surface area contributed by atoms with Crippen LogP contribution in [0.5, 0.6) is 11.5 Å². The average Bonchev–Trinajstić information content (AvgIpc) is 2.82. The molecule has 3 rings (SSSR count). The van der Waals surface area contributed by atoms with Crippen LogP contribution in [0.3, 0.4) is 0 Å². The number of nitrogens with one attached hydrogen (secondary N) is 1. The molecule has 0 fully saturated rings. The fourth-order valence-corrected chi connectivity index (χ4v) is 2.61. The Kier molecular flexibility index (Phi) is 4.63. The smallest absolute Gasteiger partial charge is 0.283 e. The van der Waals surface area contributed by atoms with Crippen LogP contribution in [0.4, 0.5) is 11.4 Å². The highest BCUT2D eigenvalue weighted by atomic mass is 35.5. The maximum Gasteiger partial charge on any atom is 0.283 e. The lowest BCUT2D eigenvalue weighted by atomic mass is 10.2. The van der Waals surface area contributed by atoms with E-state index >= 15 is 0 Å². The number of carbonyl (C=O) groups is 2. The maximum atomic E-state index is 12.6. The third-order valence-electron chi connectivity index (χ3n) is 3.57. The summed E-state index contributed by atoms with van der Waals surface area (Å²) in [6, 6.07) is 12.7. The van der Waals surface area contributed by atoms with E-state index in [1.807, 2.05) is 6.92 Å². The normalized spacial score (nSPS) is 14.2. The minimum atomic E-state index is -0.600. The van der Waals surface area contributed by atoms with Crippen molar-refractivity contribution in [1.82, 2.24) is 0 Å². The van der Waals surface area contributed by atoms with E-state index in [1.165, 1.54) is 12.1 Å². The molecule has 128 valence electrons. The molecule has 6 nitrogen and oxygen atoms in total. The number of amides is 2. The second-order valence-electron chi connectivity index (χ2n) is 5.23. The number of halogens is 1. The zero-order chi connectivity index (χ0) is 18.0. The molecule has 0 unspecified atom stereocenters. The first-order valence-corrected chi connectivity index (χ1v) is 7.96. The number of hydrogen-bond acceptors (Lipinski definition) is 5. The van der Waals surface area contributed by atoms with Crippen LogP contribution in [0.25, 0.3) is 0 Å². The van der Waals surface area contributed by atoms with Crippen LogP contribution in [0.15, 0.2) is 59.3 Å². The van der Waals surface area contributed by atoms with Gasteiger partial charge in [-0.15, -0.1) is 0 Å². The molecule has 0 saturated heterocycles. The molecule has 7 heteroatoms. The quantitative estimate of drug-likeness (QED) is 0.633. The number of anilines is 2. The first-order valence-electron chi connectivity index (χ1n) is 7.58.